The molecule has 3 rings (SSSR count). The minimum atomic E-state index is -0.530. The molecule has 0 radical (unpaired) electrons. The number of ether oxygens (including phenoxy) is 2. The molecule has 134 valence electrons. The van der Waals surface area contributed by atoms with Crippen LogP contribution in [0.25, 0.3) is 11.0 Å². The third-order valence-electron chi connectivity index (χ3n) is 3.73. The van der Waals surface area contributed by atoms with E-state index >= 15 is 0 Å². The fourth-order valence-electron chi connectivity index (χ4n) is 2.64. The predicted molar refractivity (Wildman–Crippen MR) is 97.2 cm³/mol. The fourth-order valence-corrected chi connectivity index (χ4v) is 2.64. The Hall–Kier alpha value is -3.28. The van der Waals surface area contributed by atoms with Gasteiger partial charge in [0.15, 0.2) is 0 Å². The van der Waals surface area contributed by atoms with E-state index in [2.05, 4.69) is 5.32 Å². The molecule has 1 aromatic heterocycles. The Labute approximate surface area is 150 Å². The topological polar surface area (TPSA) is 77.8 Å². The van der Waals surface area contributed by atoms with Crippen molar-refractivity contribution in [3.05, 3.63) is 59.9 Å². The van der Waals surface area contributed by atoms with E-state index in [1.165, 1.54) is 6.92 Å². The SMILES string of the molecule is CCOC(=O)c1oc2ccccc2c1COc1ccccc1NC(C)=O. The van der Waals surface area contributed by atoms with E-state index < -0.39 is 5.97 Å². The van der Waals surface area contributed by atoms with Crippen molar-refractivity contribution in [3.8, 4) is 5.75 Å². The molecule has 2 aromatic carbocycles. The summed E-state index contributed by atoms with van der Waals surface area (Å²) in [6.07, 6.45) is 0. The molecular weight excluding hydrogens is 334 g/mol. The first-order valence-electron chi connectivity index (χ1n) is 8.27. The molecule has 0 aliphatic heterocycles. The zero-order valence-electron chi connectivity index (χ0n) is 14.6. The Kier molecular flexibility index (Phi) is 5.22. The van der Waals surface area contributed by atoms with Gasteiger partial charge in [-0.15, -0.1) is 0 Å². The summed E-state index contributed by atoms with van der Waals surface area (Å²) in [5.41, 5.74) is 1.76. The number of benzene rings is 2. The molecule has 0 saturated heterocycles. The van der Waals surface area contributed by atoms with Gasteiger partial charge in [-0.05, 0) is 25.1 Å². The summed E-state index contributed by atoms with van der Waals surface area (Å²) in [4.78, 5) is 23.6. The highest BCUT2D eigenvalue weighted by Gasteiger charge is 2.22. The predicted octanol–water partition coefficient (Wildman–Crippen LogP) is 4.15. The number of anilines is 1. The number of carbonyl (C=O) groups is 2. The molecule has 6 nitrogen and oxygen atoms in total. The highest BCUT2D eigenvalue weighted by Crippen LogP contribution is 2.30. The van der Waals surface area contributed by atoms with E-state index in [4.69, 9.17) is 13.9 Å². The van der Waals surface area contributed by atoms with Crippen LogP contribution in [0.4, 0.5) is 5.69 Å². The molecule has 0 unspecified atom stereocenters. The summed E-state index contributed by atoms with van der Waals surface area (Å²) in [7, 11) is 0. The van der Waals surface area contributed by atoms with E-state index in [9.17, 15) is 9.59 Å². The van der Waals surface area contributed by atoms with Crippen LogP contribution in [-0.4, -0.2) is 18.5 Å². The number of nitrogens with one attached hydrogen (secondary N) is 1. The number of hydrogen-bond acceptors (Lipinski definition) is 5. The lowest BCUT2D eigenvalue weighted by Gasteiger charge is -2.11. The van der Waals surface area contributed by atoms with Gasteiger partial charge >= 0.3 is 5.97 Å². The Balaban J connectivity index is 1.93. The third kappa shape index (κ3) is 3.69. The van der Waals surface area contributed by atoms with Crippen molar-refractivity contribution in [2.75, 3.05) is 11.9 Å². The maximum Gasteiger partial charge on any atom is 0.374 e. The van der Waals surface area contributed by atoms with E-state index in [1.807, 2.05) is 18.2 Å². The lowest BCUT2D eigenvalue weighted by Crippen LogP contribution is -2.10. The van der Waals surface area contributed by atoms with Gasteiger partial charge < -0.3 is 19.2 Å². The van der Waals surface area contributed by atoms with Crippen molar-refractivity contribution < 1.29 is 23.5 Å². The van der Waals surface area contributed by atoms with Gasteiger partial charge in [0.25, 0.3) is 0 Å². The van der Waals surface area contributed by atoms with Crippen LogP contribution in [-0.2, 0) is 16.1 Å². The minimum absolute atomic E-state index is 0.0990. The molecule has 0 aliphatic rings. The summed E-state index contributed by atoms with van der Waals surface area (Å²) in [5.74, 6) is -0.0904. The number of amides is 1. The Morgan fingerprint density at radius 1 is 1.08 bits per heavy atom. The number of para-hydroxylation sites is 3. The van der Waals surface area contributed by atoms with Gasteiger partial charge in [-0.1, -0.05) is 30.3 Å². The number of furan rings is 1. The molecule has 3 aromatic rings. The quantitative estimate of drug-likeness (QED) is 0.674. The van der Waals surface area contributed by atoms with Gasteiger partial charge in [0.1, 0.15) is 17.9 Å². The fraction of sp³-hybridized carbons (Fsp3) is 0.200. The smallest absolute Gasteiger partial charge is 0.374 e. The molecule has 0 spiro atoms. The summed E-state index contributed by atoms with van der Waals surface area (Å²) >= 11 is 0. The standard InChI is InChI=1S/C20H19NO5/c1-3-24-20(23)19-15(14-8-4-6-10-17(14)26-19)12-25-18-11-7-5-9-16(18)21-13(2)22/h4-11H,3,12H2,1-2H3,(H,21,22). The van der Waals surface area contributed by atoms with Crippen molar-refractivity contribution in [1.29, 1.82) is 0 Å². The molecule has 6 heteroatoms. The van der Waals surface area contributed by atoms with E-state index in [0.717, 1.165) is 5.39 Å². The molecule has 1 amide bonds. The van der Waals surface area contributed by atoms with Crippen LogP contribution >= 0.6 is 0 Å². The van der Waals surface area contributed by atoms with Gasteiger partial charge in [-0.2, -0.15) is 0 Å². The third-order valence-corrected chi connectivity index (χ3v) is 3.73. The highest BCUT2D eigenvalue weighted by molar-refractivity contribution is 5.96. The number of fused-ring (bicyclic) bond motifs is 1. The van der Waals surface area contributed by atoms with Crippen LogP contribution in [0.5, 0.6) is 5.75 Å². The summed E-state index contributed by atoms with van der Waals surface area (Å²) in [6.45, 7) is 3.52. The van der Waals surface area contributed by atoms with Gasteiger partial charge in [-0.25, -0.2) is 4.79 Å². The Morgan fingerprint density at radius 2 is 1.81 bits per heavy atom. The summed E-state index contributed by atoms with van der Waals surface area (Å²) < 4.78 is 16.6. The van der Waals surface area contributed by atoms with Crippen molar-refractivity contribution in [3.63, 3.8) is 0 Å². The van der Waals surface area contributed by atoms with E-state index in [1.54, 1.807) is 37.3 Å². The maximum atomic E-state index is 12.2. The molecular formula is C20H19NO5. The van der Waals surface area contributed by atoms with Gasteiger partial charge in [0.05, 0.1) is 17.9 Å². The largest absolute Gasteiger partial charge is 0.487 e. The van der Waals surface area contributed by atoms with Crippen molar-refractivity contribution >= 4 is 28.5 Å². The van der Waals surface area contributed by atoms with Gasteiger partial charge in [-0.3, -0.25) is 4.79 Å². The van der Waals surface area contributed by atoms with Crippen molar-refractivity contribution in [2.45, 2.75) is 20.5 Å². The van der Waals surface area contributed by atoms with Crippen LogP contribution in [0.15, 0.2) is 52.9 Å². The van der Waals surface area contributed by atoms with Crippen molar-refractivity contribution in [2.24, 2.45) is 0 Å². The lowest BCUT2D eigenvalue weighted by atomic mass is 10.1. The second-order valence-corrected chi connectivity index (χ2v) is 5.59. The highest BCUT2D eigenvalue weighted by atomic mass is 16.5. The molecule has 0 aliphatic carbocycles. The average Bonchev–Trinajstić information content (AvgIpc) is 2.99. The second-order valence-electron chi connectivity index (χ2n) is 5.59. The average molecular weight is 353 g/mol. The molecule has 0 fully saturated rings. The second kappa shape index (κ2) is 7.74. The monoisotopic (exact) mass is 353 g/mol. The first-order valence-corrected chi connectivity index (χ1v) is 8.27. The Bertz CT molecular complexity index is 944. The van der Waals surface area contributed by atoms with Gasteiger partial charge in [0.2, 0.25) is 11.7 Å². The van der Waals surface area contributed by atoms with Crippen LogP contribution in [0.2, 0.25) is 0 Å². The van der Waals surface area contributed by atoms with E-state index in [-0.39, 0.29) is 24.9 Å². The Morgan fingerprint density at radius 3 is 2.58 bits per heavy atom. The number of carbonyl (C=O) groups excluding carboxylic acids is 2. The van der Waals surface area contributed by atoms with Crippen LogP contribution in [0, 0.1) is 0 Å². The normalized spacial score (nSPS) is 10.5. The molecule has 1 N–H and O–H groups in total. The summed E-state index contributed by atoms with van der Waals surface area (Å²) in [6, 6.07) is 14.4. The number of esters is 1. The van der Waals surface area contributed by atoms with Crippen LogP contribution < -0.4 is 10.1 Å². The summed E-state index contributed by atoms with van der Waals surface area (Å²) in [5, 5.41) is 3.50. The van der Waals surface area contributed by atoms with E-state index in [0.29, 0.717) is 22.6 Å². The molecule has 0 atom stereocenters. The van der Waals surface area contributed by atoms with Crippen LogP contribution in [0.3, 0.4) is 0 Å². The molecule has 1 heterocycles. The van der Waals surface area contributed by atoms with Gasteiger partial charge in [0, 0.05) is 12.3 Å². The minimum Gasteiger partial charge on any atom is -0.487 e. The molecule has 0 saturated carbocycles. The maximum absolute atomic E-state index is 12.2. The zero-order valence-corrected chi connectivity index (χ0v) is 14.6. The first kappa shape index (κ1) is 17.5. The first-order chi connectivity index (χ1) is 12.6. The van der Waals surface area contributed by atoms with Crippen molar-refractivity contribution in [1.82, 2.24) is 0 Å². The zero-order chi connectivity index (χ0) is 18.5. The molecule has 26 heavy (non-hydrogen) atoms. The number of hydrogen-bond donors (Lipinski definition) is 1. The molecule has 0 bridgehead atoms. The number of rotatable bonds is 6. The van der Waals surface area contributed by atoms with Crippen LogP contribution in [0.1, 0.15) is 30.0 Å². The lowest BCUT2D eigenvalue weighted by molar-refractivity contribution is -0.114.